The van der Waals surface area contributed by atoms with Gasteiger partial charge in [-0.05, 0) is 25.1 Å². The van der Waals surface area contributed by atoms with Gasteiger partial charge in [0, 0.05) is 5.56 Å². The third-order valence-electron chi connectivity index (χ3n) is 1.51. The summed E-state index contributed by atoms with van der Waals surface area (Å²) in [6.07, 6.45) is 1.15. The minimum absolute atomic E-state index is 0.0567. The molecule has 1 rings (SSSR count). The van der Waals surface area contributed by atoms with Gasteiger partial charge < -0.3 is 15.1 Å². The van der Waals surface area contributed by atoms with E-state index in [4.69, 9.17) is 9.94 Å². The van der Waals surface area contributed by atoms with E-state index in [1.54, 1.807) is 12.1 Å². The molecule has 0 saturated carbocycles. The van der Waals surface area contributed by atoms with Crippen LogP contribution < -0.4 is 4.74 Å². The number of nitrogens with zero attached hydrogens (tertiary/aromatic N) is 1. The average Bonchev–Trinajstić information content (AvgIpc) is 2.12. The quantitative estimate of drug-likeness (QED) is 0.423. The normalized spacial score (nSPS) is 10.5. The molecule has 0 aliphatic rings. The van der Waals surface area contributed by atoms with Crippen LogP contribution in [0.25, 0.3) is 0 Å². The molecular formula is C9H11NO3. The Morgan fingerprint density at radius 1 is 1.54 bits per heavy atom. The van der Waals surface area contributed by atoms with Crippen molar-refractivity contribution in [1.29, 1.82) is 0 Å². The standard InChI is InChI=1S/C9H11NO3/c1-2-13-8-3-4-9(11)7(5-8)6-10-12/h3-6,11-12H,2H2,1H3/b10-6+. The number of hydrogen-bond acceptors (Lipinski definition) is 4. The maximum atomic E-state index is 9.28. The van der Waals surface area contributed by atoms with Gasteiger partial charge in [-0.3, -0.25) is 0 Å². The SMILES string of the molecule is CCOc1ccc(O)c(/C=N/O)c1. The largest absolute Gasteiger partial charge is 0.507 e. The smallest absolute Gasteiger partial charge is 0.124 e. The Balaban J connectivity index is 2.96. The highest BCUT2D eigenvalue weighted by atomic mass is 16.5. The molecule has 1 aromatic carbocycles. The molecule has 4 heteroatoms. The topological polar surface area (TPSA) is 62.0 Å². The highest BCUT2D eigenvalue weighted by molar-refractivity contribution is 5.83. The summed E-state index contributed by atoms with van der Waals surface area (Å²) in [6.45, 7) is 2.42. The monoisotopic (exact) mass is 181 g/mol. The Morgan fingerprint density at radius 3 is 2.92 bits per heavy atom. The lowest BCUT2D eigenvalue weighted by molar-refractivity contribution is 0.321. The predicted octanol–water partition coefficient (Wildman–Crippen LogP) is 1.60. The van der Waals surface area contributed by atoms with Gasteiger partial charge in [0.15, 0.2) is 0 Å². The molecule has 70 valence electrons. The van der Waals surface area contributed by atoms with Crippen LogP contribution in [0.3, 0.4) is 0 Å². The van der Waals surface area contributed by atoms with Gasteiger partial charge in [0.05, 0.1) is 12.8 Å². The number of oxime groups is 1. The summed E-state index contributed by atoms with van der Waals surface area (Å²) in [5.74, 6) is 0.691. The lowest BCUT2D eigenvalue weighted by Crippen LogP contribution is -1.92. The van der Waals surface area contributed by atoms with Crippen LogP contribution in [0.15, 0.2) is 23.4 Å². The Labute approximate surface area is 76.1 Å². The van der Waals surface area contributed by atoms with Crippen LogP contribution in [-0.4, -0.2) is 23.1 Å². The van der Waals surface area contributed by atoms with Crippen LogP contribution in [0.1, 0.15) is 12.5 Å². The molecule has 0 bridgehead atoms. The third-order valence-corrected chi connectivity index (χ3v) is 1.51. The van der Waals surface area contributed by atoms with Crippen molar-refractivity contribution in [1.82, 2.24) is 0 Å². The average molecular weight is 181 g/mol. The highest BCUT2D eigenvalue weighted by Crippen LogP contribution is 2.21. The number of benzene rings is 1. The zero-order valence-corrected chi connectivity index (χ0v) is 7.27. The van der Waals surface area contributed by atoms with Gasteiger partial charge in [-0.2, -0.15) is 0 Å². The van der Waals surface area contributed by atoms with Crippen LogP contribution in [0.5, 0.6) is 11.5 Å². The van der Waals surface area contributed by atoms with Crippen molar-refractivity contribution >= 4 is 6.21 Å². The molecule has 2 N–H and O–H groups in total. The maximum absolute atomic E-state index is 9.28. The number of aromatic hydroxyl groups is 1. The van der Waals surface area contributed by atoms with Gasteiger partial charge in [0.25, 0.3) is 0 Å². The molecule has 13 heavy (non-hydrogen) atoms. The van der Waals surface area contributed by atoms with E-state index in [1.165, 1.54) is 6.07 Å². The molecule has 0 unspecified atom stereocenters. The number of hydrogen-bond donors (Lipinski definition) is 2. The summed E-state index contributed by atoms with van der Waals surface area (Å²) in [7, 11) is 0. The van der Waals surface area contributed by atoms with E-state index < -0.39 is 0 Å². The van der Waals surface area contributed by atoms with E-state index in [-0.39, 0.29) is 5.75 Å². The molecule has 0 fully saturated rings. The molecule has 0 aromatic heterocycles. The molecule has 0 spiro atoms. The summed E-state index contributed by atoms with van der Waals surface area (Å²) in [5.41, 5.74) is 0.424. The summed E-state index contributed by atoms with van der Waals surface area (Å²) in [6, 6.07) is 4.73. The van der Waals surface area contributed by atoms with Crippen molar-refractivity contribution in [3.63, 3.8) is 0 Å². The van der Waals surface area contributed by atoms with Crippen molar-refractivity contribution in [2.75, 3.05) is 6.61 Å². The maximum Gasteiger partial charge on any atom is 0.124 e. The zero-order chi connectivity index (χ0) is 9.68. The van der Waals surface area contributed by atoms with E-state index >= 15 is 0 Å². The second-order valence-corrected chi connectivity index (χ2v) is 2.40. The van der Waals surface area contributed by atoms with E-state index in [1.807, 2.05) is 6.92 Å². The minimum atomic E-state index is 0.0567. The van der Waals surface area contributed by atoms with Gasteiger partial charge in [-0.25, -0.2) is 0 Å². The molecule has 0 aliphatic carbocycles. The number of rotatable bonds is 3. The molecule has 1 aromatic rings. The second-order valence-electron chi connectivity index (χ2n) is 2.40. The van der Waals surface area contributed by atoms with Crippen molar-refractivity contribution < 1.29 is 15.1 Å². The van der Waals surface area contributed by atoms with Crippen LogP contribution in [0.4, 0.5) is 0 Å². The minimum Gasteiger partial charge on any atom is -0.507 e. The Bertz CT molecular complexity index is 310. The Kier molecular flexibility index (Phi) is 3.14. The third kappa shape index (κ3) is 2.37. The molecule has 4 nitrogen and oxygen atoms in total. The second kappa shape index (κ2) is 4.35. The lowest BCUT2D eigenvalue weighted by Gasteiger charge is -2.04. The first-order valence-electron chi connectivity index (χ1n) is 3.91. The fraction of sp³-hybridized carbons (Fsp3) is 0.222. The Hall–Kier alpha value is -1.71. The van der Waals surface area contributed by atoms with Gasteiger partial charge in [-0.1, -0.05) is 5.16 Å². The predicted molar refractivity (Wildman–Crippen MR) is 48.7 cm³/mol. The number of phenolic OH excluding ortho intramolecular Hbond substituents is 1. The molecule has 0 radical (unpaired) electrons. The van der Waals surface area contributed by atoms with Gasteiger partial charge in [0.2, 0.25) is 0 Å². The van der Waals surface area contributed by atoms with E-state index in [0.29, 0.717) is 17.9 Å². The van der Waals surface area contributed by atoms with Crippen molar-refractivity contribution in [2.45, 2.75) is 6.92 Å². The molecule has 0 heterocycles. The van der Waals surface area contributed by atoms with Gasteiger partial charge in [0.1, 0.15) is 11.5 Å². The fourth-order valence-electron chi connectivity index (χ4n) is 0.955. The van der Waals surface area contributed by atoms with E-state index in [2.05, 4.69) is 5.16 Å². The Morgan fingerprint density at radius 2 is 2.31 bits per heavy atom. The van der Waals surface area contributed by atoms with E-state index in [9.17, 15) is 5.11 Å². The van der Waals surface area contributed by atoms with Crippen LogP contribution in [0, 0.1) is 0 Å². The zero-order valence-electron chi connectivity index (χ0n) is 7.27. The molecule has 0 amide bonds. The molecule has 0 saturated heterocycles. The first kappa shape index (κ1) is 9.38. The summed E-state index contributed by atoms with van der Waals surface area (Å²) in [4.78, 5) is 0. The van der Waals surface area contributed by atoms with Crippen LogP contribution in [0.2, 0.25) is 0 Å². The van der Waals surface area contributed by atoms with Gasteiger partial charge in [-0.15, -0.1) is 0 Å². The van der Waals surface area contributed by atoms with Crippen molar-refractivity contribution in [3.05, 3.63) is 23.8 Å². The first-order valence-corrected chi connectivity index (χ1v) is 3.91. The van der Waals surface area contributed by atoms with Crippen molar-refractivity contribution in [3.8, 4) is 11.5 Å². The lowest BCUT2D eigenvalue weighted by atomic mass is 10.2. The van der Waals surface area contributed by atoms with Crippen LogP contribution >= 0.6 is 0 Å². The van der Waals surface area contributed by atoms with Crippen molar-refractivity contribution in [2.24, 2.45) is 5.16 Å². The number of ether oxygens (including phenoxy) is 1. The molecular weight excluding hydrogens is 170 g/mol. The van der Waals surface area contributed by atoms with Crippen LogP contribution in [-0.2, 0) is 0 Å². The summed E-state index contributed by atoms with van der Waals surface area (Å²) in [5, 5.41) is 20.4. The summed E-state index contributed by atoms with van der Waals surface area (Å²) >= 11 is 0. The number of phenols is 1. The molecule has 0 aliphatic heterocycles. The van der Waals surface area contributed by atoms with Gasteiger partial charge >= 0.3 is 0 Å². The first-order chi connectivity index (χ1) is 6.27. The summed E-state index contributed by atoms with van der Waals surface area (Å²) < 4.78 is 5.19. The molecule has 0 atom stereocenters. The van der Waals surface area contributed by atoms with E-state index in [0.717, 1.165) is 6.21 Å². The fourth-order valence-corrected chi connectivity index (χ4v) is 0.955. The highest BCUT2D eigenvalue weighted by Gasteiger charge is 2.00.